The number of methoxy groups -OCH3 is 1. The summed E-state index contributed by atoms with van der Waals surface area (Å²) in [4.78, 5) is 29.9. The van der Waals surface area contributed by atoms with Gasteiger partial charge in [-0.3, -0.25) is 19.3 Å². The van der Waals surface area contributed by atoms with Gasteiger partial charge in [-0.1, -0.05) is 11.8 Å². The van der Waals surface area contributed by atoms with E-state index in [-0.39, 0.29) is 23.1 Å². The Bertz CT molecular complexity index is 1370. The Morgan fingerprint density at radius 2 is 2.19 bits per heavy atom. The van der Waals surface area contributed by atoms with E-state index in [1.54, 1.807) is 17.7 Å². The van der Waals surface area contributed by atoms with Crippen LogP contribution in [-0.4, -0.2) is 43.3 Å². The quantitative estimate of drug-likeness (QED) is 0.256. The van der Waals surface area contributed by atoms with Gasteiger partial charge in [0.15, 0.2) is 10.8 Å². The summed E-state index contributed by atoms with van der Waals surface area (Å²) < 4.78 is 6.99. The van der Waals surface area contributed by atoms with Gasteiger partial charge in [0, 0.05) is 10.9 Å². The number of carbonyl (C=O) groups excluding carboxylic acids is 1. The van der Waals surface area contributed by atoms with Crippen molar-refractivity contribution in [3.63, 3.8) is 0 Å². The average molecular weight is 471 g/mol. The summed E-state index contributed by atoms with van der Waals surface area (Å²) in [6.45, 7) is 0. The number of hydrogen-bond donors (Lipinski definition) is 1. The van der Waals surface area contributed by atoms with Crippen molar-refractivity contribution in [3.05, 3.63) is 45.1 Å². The first-order valence-electron chi connectivity index (χ1n) is 9.94. The van der Waals surface area contributed by atoms with E-state index >= 15 is 0 Å². The topological polar surface area (TPSA) is 125 Å². The fourth-order valence-corrected chi connectivity index (χ4v) is 5.77. The number of nitrogens with one attached hydrogen (secondary N) is 1. The molecule has 12 heteroatoms. The third-order valence-corrected chi connectivity index (χ3v) is 7.48. The SMILES string of the molecule is COc1cc([N+](=O)[O-])ccc1NC(=O)CSc1nnc2c3c4c(sc3ncn12)CCCC4. The van der Waals surface area contributed by atoms with Gasteiger partial charge in [0.25, 0.3) is 5.69 Å². The van der Waals surface area contributed by atoms with Crippen LogP contribution < -0.4 is 10.1 Å². The molecule has 0 bridgehead atoms. The number of aromatic nitrogens is 4. The Morgan fingerprint density at radius 1 is 1.34 bits per heavy atom. The number of amides is 1. The molecule has 0 saturated carbocycles. The number of fused-ring (bicyclic) bond motifs is 5. The summed E-state index contributed by atoms with van der Waals surface area (Å²) in [5, 5.41) is 24.0. The average Bonchev–Trinajstić information content (AvgIpc) is 3.38. The molecule has 0 spiro atoms. The summed E-state index contributed by atoms with van der Waals surface area (Å²) in [6, 6.07) is 4.04. The third-order valence-electron chi connectivity index (χ3n) is 5.33. The Hall–Kier alpha value is -3.25. The number of carbonyl (C=O) groups is 1. The number of rotatable bonds is 6. The molecule has 3 heterocycles. The van der Waals surface area contributed by atoms with Crippen LogP contribution in [0.5, 0.6) is 5.75 Å². The molecular weight excluding hydrogens is 452 g/mol. The first kappa shape index (κ1) is 20.6. The molecule has 3 aromatic heterocycles. The number of ether oxygens (including phenoxy) is 1. The van der Waals surface area contributed by atoms with Gasteiger partial charge >= 0.3 is 0 Å². The van der Waals surface area contributed by atoms with Crippen LogP contribution in [0.15, 0.2) is 29.7 Å². The van der Waals surface area contributed by atoms with Gasteiger partial charge in [0.2, 0.25) is 5.91 Å². The zero-order valence-corrected chi connectivity index (χ0v) is 18.7. The van der Waals surface area contributed by atoms with Crippen molar-refractivity contribution in [2.24, 2.45) is 0 Å². The minimum absolute atomic E-state index is 0.0840. The van der Waals surface area contributed by atoms with E-state index in [0.29, 0.717) is 10.8 Å². The second-order valence-electron chi connectivity index (χ2n) is 7.29. The number of thioether (sulfide) groups is 1. The molecule has 4 aromatic rings. The molecule has 0 radical (unpaired) electrons. The number of nitrogens with zero attached hydrogens (tertiary/aromatic N) is 5. The van der Waals surface area contributed by atoms with Crippen LogP contribution in [-0.2, 0) is 17.6 Å². The van der Waals surface area contributed by atoms with Crippen LogP contribution in [0.4, 0.5) is 11.4 Å². The summed E-state index contributed by atoms with van der Waals surface area (Å²) in [5.41, 5.74) is 2.36. The fourth-order valence-electron chi connectivity index (χ4n) is 3.85. The maximum absolute atomic E-state index is 12.5. The predicted octanol–water partition coefficient (Wildman–Crippen LogP) is 3.87. The number of thiophene rings is 1. The van der Waals surface area contributed by atoms with Crippen molar-refractivity contribution in [2.45, 2.75) is 30.8 Å². The Kier molecular flexibility index (Phi) is 5.39. The number of nitro benzene ring substituents is 1. The zero-order valence-electron chi connectivity index (χ0n) is 17.0. The standard InChI is InChI=1S/C20H18N6O4S2/c1-30-14-8-11(26(28)29)6-7-13(14)22-16(27)9-31-20-24-23-18-17-12-4-2-3-5-15(12)32-19(17)21-10-25(18)20/h6-8,10H,2-5,9H2,1H3,(H,22,27). The number of benzene rings is 1. The molecule has 0 unspecified atom stereocenters. The molecule has 5 rings (SSSR count). The highest BCUT2D eigenvalue weighted by molar-refractivity contribution is 7.99. The molecule has 1 aliphatic carbocycles. The van der Waals surface area contributed by atoms with Crippen molar-refractivity contribution in [1.29, 1.82) is 0 Å². The maximum atomic E-state index is 12.5. The van der Waals surface area contributed by atoms with Crippen LogP contribution >= 0.6 is 23.1 Å². The lowest BCUT2D eigenvalue weighted by molar-refractivity contribution is -0.384. The largest absolute Gasteiger partial charge is 0.494 e. The lowest BCUT2D eigenvalue weighted by atomic mass is 9.97. The summed E-state index contributed by atoms with van der Waals surface area (Å²) in [7, 11) is 1.39. The molecule has 0 fully saturated rings. The van der Waals surface area contributed by atoms with Crippen molar-refractivity contribution in [3.8, 4) is 5.75 Å². The lowest BCUT2D eigenvalue weighted by Crippen LogP contribution is -2.15. The molecule has 0 atom stereocenters. The molecule has 1 aliphatic rings. The van der Waals surface area contributed by atoms with Crippen molar-refractivity contribution < 1.29 is 14.5 Å². The highest BCUT2D eigenvalue weighted by atomic mass is 32.2. The van der Waals surface area contributed by atoms with Crippen LogP contribution in [0.3, 0.4) is 0 Å². The first-order valence-corrected chi connectivity index (χ1v) is 11.7. The smallest absolute Gasteiger partial charge is 0.273 e. The number of hydrogen-bond acceptors (Lipinski definition) is 9. The second-order valence-corrected chi connectivity index (χ2v) is 9.32. The van der Waals surface area contributed by atoms with Gasteiger partial charge in [0.05, 0.1) is 34.9 Å². The number of aryl methyl sites for hydroxylation is 2. The minimum Gasteiger partial charge on any atom is -0.494 e. The molecular formula is C20H18N6O4S2. The van der Waals surface area contributed by atoms with E-state index in [9.17, 15) is 14.9 Å². The third kappa shape index (κ3) is 3.65. The van der Waals surface area contributed by atoms with Crippen LogP contribution in [0.1, 0.15) is 23.3 Å². The molecule has 1 N–H and O–H groups in total. The first-order chi connectivity index (χ1) is 15.5. The highest BCUT2D eigenvalue weighted by Crippen LogP contribution is 2.37. The van der Waals surface area contributed by atoms with Crippen LogP contribution in [0, 0.1) is 10.1 Å². The second kappa shape index (κ2) is 8.36. The molecule has 32 heavy (non-hydrogen) atoms. The van der Waals surface area contributed by atoms with Gasteiger partial charge < -0.3 is 10.1 Å². The summed E-state index contributed by atoms with van der Waals surface area (Å²) in [5.74, 6) is 0.0147. The van der Waals surface area contributed by atoms with Gasteiger partial charge in [-0.25, -0.2) is 4.98 Å². The summed E-state index contributed by atoms with van der Waals surface area (Å²) >= 11 is 2.98. The van der Waals surface area contributed by atoms with Gasteiger partial charge in [-0.15, -0.1) is 21.5 Å². The number of nitro groups is 1. The molecule has 10 nitrogen and oxygen atoms in total. The van der Waals surface area contributed by atoms with Gasteiger partial charge in [-0.2, -0.15) is 0 Å². The summed E-state index contributed by atoms with van der Waals surface area (Å²) in [6.07, 6.45) is 6.20. The fraction of sp³-hybridized carbons (Fsp3) is 0.300. The predicted molar refractivity (Wildman–Crippen MR) is 122 cm³/mol. The van der Waals surface area contributed by atoms with Gasteiger partial charge in [-0.05, 0) is 37.3 Å². The van der Waals surface area contributed by atoms with Crippen LogP contribution in [0.25, 0.3) is 15.9 Å². The zero-order chi connectivity index (χ0) is 22.2. The molecule has 0 aliphatic heterocycles. The minimum atomic E-state index is -0.518. The normalized spacial score (nSPS) is 13.3. The van der Waals surface area contributed by atoms with Gasteiger partial charge in [0.1, 0.15) is 16.9 Å². The maximum Gasteiger partial charge on any atom is 0.273 e. The number of anilines is 1. The van der Waals surface area contributed by atoms with E-state index in [4.69, 9.17) is 4.74 Å². The van der Waals surface area contributed by atoms with E-state index in [1.165, 1.54) is 60.4 Å². The Labute approximate surface area is 190 Å². The van der Waals surface area contributed by atoms with Crippen molar-refractivity contribution in [1.82, 2.24) is 19.6 Å². The van der Waals surface area contributed by atoms with Crippen molar-refractivity contribution >= 4 is 56.2 Å². The highest BCUT2D eigenvalue weighted by Gasteiger charge is 2.21. The monoisotopic (exact) mass is 470 g/mol. The number of non-ortho nitro benzene ring substituents is 1. The van der Waals surface area contributed by atoms with E-state index < -0.39 is 4.92 Å². The van der Waals surface area contributed by atoms with Crippen LogP contribution in [0.2, 0.25) is 0 Å². The Balaban J connectivity index is 1.34. The van der Waals surface area contributed by atoms with E-state index in [0.717, 1.165) is 28.7 Å². The van der Waals surface area contributed by atoms with E-state index in [1.807, 2.05) is 4.40 Å². The molecule has 1 amide bonds. The Morgan fingerprint density at radius 3 is 3.00 bits per heavy atom. The molecule has 164 valence electrons. The van der Waals surface area contributed by atoms with Crippen molar-refractivity contribution in [2.75, 3.05) is 18.2 Å². The van der Waals surface area contributed by atoms with E-state index in [2.05, 4.69) is 20.5 Å². The molecule has 1 aromatic carbocycles. The lowest BCUT2D eigenvalue weighted by Gasteiger charge is -2.10. The molecule has 0 saturated heterocycles.